The summed E-state index contributed by atoms with van der Waals surface area (Å²) in [6, 6.07) is 9.79. The highest BCUT2D eigenvalue weighted by Gasteiger charge is 2.21. The Balaban J connectivity index is 1.49. The zero-order valence-electron chi connectivity index (χ0n) is 18.1. The van der Waals surface area contributed by atoms with Crippen molar-refractivity contribution in [2.24, 2.45) is 0 Å². The molecule has 0 aliphatic carbocycles. The van der Waals surface area contributed by atoms with E-state index in [0.29, 0.717) is 38.3 Å². The van der Waals surface area contributed by atoms with Crippen molar-refractivity contribution in [3.63, 3.8) is 0 Å². The van der Waals surface area contributed by atoms with Gasteiger partial charge in [-0.05, 0) is 44.5 Å². The maximum absolute atomic E-state index is 9.65. The van der Waals surface area contributed by atoms with Crippen LogP contribution in [0.4, 0.5) is 5.82 Å². The highest BCUT2D eigenvalue weighted by atomic mass is 35.5. The third kappa shape index (κ3) is 3.86. The molecule has 4 heterocycles. The second-order valence-corrected chi connectivity index (χ2v) is 8.79. The minimum Gasteiger partial charge on any atom is -0.486 e. The predicted molar refractivity (Wildman–Crippen MR) is 129 cm³/mol. The maximum Gasteiger partial charge on any atom is 0.146 e. The van der Waals surface area contributed by atoms with Gasteiger partial charge in [0.05, 0.1) is 26.8 Å². The van der Waals surface area contributed by atoms with Crippen LogP contribution in [0, 0.1) is 18.3 Å². The number of hydrogen-bond donors (Lipinski definition) is 1. The molecule has 1 unspecified atom stereocenters. The smallest absolute Gasteiger partial charge is 0.146 e. The summed E-state index contributed by atoms with van der Waals surface area (Å²) in [5.74, 6) is 1.37. The highest BCUT2D eigenvalue weighted by Crippen LogP contribution is 2.36. The Morgan fingerprint density at radius 2 is 2.00 bits per heavy atom. The molecule has 33 heavy (non-hydrogen) atoms. The molecule has 0 bridgehead atoms. The Bertz CT molecular complexity index is 1410. The summed E-state index contributed by atoms with van der Waals surface area (Å²) in [5, 5.41) is 19.0. The number of pyridine rings is 2. The van der Waals surface area contributed by atoms with Gasteiger partial charge in [-0.25, -0.2) is 4.98 Å². The second kappa shape index (κ2) is 8.54. The normalized spacial score (nSPS) is 14.1. The molecule has 1 aliphatic rings. The Morgan fingerprint density at radius 3 is 2.73 bits per heavy atom. The third-order valence-corrected chi connectivity index (χ3v) is 6.63. The summed E-state index contributed by atoms with van der Waals surface area (Å²) in [5.41, 5.74) is 4.26. The summed E-state index contributed by atoms with van der Waals surface area (Å²) >= 11 is 12.8. The van der Waals surface area contributed by atoms with Gasteiger partial charge in [-0.3, -0.25) is 10.1 Å². The highest BCUT2D eigenvalue weighted by molar-refractivity contribution is 6.36. The number of aryl methyl sites for hydroxylation is 1. The van der Waals surface area contributed by atoms with Gasteiger partial charge in [-0.1, -0.05) is 23.2 Å². The fourth-order valence-corrected chi connectivity index (χ4v) is 4.60. The average Bonchev–Trinajstić information content (AvgIpc) is 3.19. The van der Waals surface area contributed by atoms with Crippen LogP contribution in [-0.4, -0.2) is 33.3 Å². The number of halogens is 2. The van der Waals surface area contributed by atoms with Gasteiger partial charge in [-0.2, -0.15) is 10.4 Å². The molecule has 0 radical (unpaired) electrons. The van der Waals surface area contributed by atoms with Crippen molar-refractivity contribution < 1.29 is 4.74 Å². The summed E-state index contributed by atoms with van der Waals surface area (Å²) in [4.78, 5) is 10.8. The molecule has 0 spiro atoms. The molecule has 0 saturated carbocycles. The lowest BCUT2D eigenvalue weighted by Crippen LogP contribution is -2.38. The number of ether oxygens (including phenoxy) is 1. The van der Waals surface area contributed by atoms with Gasteiger partial charge < -0.3 is 9.64 Å². The molecule has 9 heteroatoms. The first kappa shape index (κ1) is 21.5. The van der Waals surface area contributed by atoms with E-state index in [4.69, 9.17) is 27.9 Å². The SMILES string of the molecule is Cc1ncc(Cl)c(C(C)Oc2ccc3[nH]nc(-c4cnc(N5CCC5)c(C#N)c4)c3c2)c1Cl. The Morgan fingerprint density at radius 1 is 1.18 bits per heavy atom. The van der Waals surface area contributed by atoms with Gasteiger partial charge in [0.25, 0.3) is 0 Å². The number of anilines is 1. The second-order valence-electron chi connectivity index (χ2n) is 8.01. The maximum atomic E-state index is 9.65. The molecule has 4 aromatic rings. The first-order chi connectivity index (χ1) is 16.0. The van der Waals surface area contributed by atoms with Crippen LogP contribution in [0.3, 0.4) is 0 Å². The van der Waals surface area contributed by atoms with Crippen LogP contribution in [0.1, 0.15) is 36.3 Å². The van der Waals surface area contributed by atoms with Crippen molar-refractivity contribution in [1.82, 2.24) is 20.2 Å². The van der Waals surface area contributed by atoms with Gasteiger partial charge in [0.2, 0.25) is 0 Å². The van der Waals surface area contributed by atoms with Gasteiger partial charge in [0, 0.05) is 42.0 Å². The van der Waals surface area contributed by atoms with Gasteiger partial charge in [0.1, 0.15) is 29.4 Å². The molecular formula is C24H20Cl2N6O. The standard InChI is InChI=1S/C24H20Cl2N6O/c1-13-22(26)21(19(25)12-28-13)14(2)33-17-4-5-20-18(9-17)23(31-30-20)16-8-15(10-27)24(29-11-16)32-6-3-7-32/h4-5,8-9,11-12,14H,3,6-7H2,1-2H3,(H,30,31). The van der Waals surface area contributed by atoms with E-state index in [9.17, 15) is 5.26 Å². The van der Waals surface area contributed by atoms with Crippen molar-refractivity contribution in [3.8, 4) is 23.1 Å². The fourth-order valence-electron chi connectivity index (χ4n) is 3.95. The van der Waals surface area contributed by atoms with Crippen LogP contribution in [0.15, 0.2) is 36.7 Å². The van der Waals surface area contributed by atoms with E-state index in [2.05, 4.69) is 31.1 Å². The molecule has 1 aliphatic heterocycles. The van der Waals surface area contributed by atoms with E-state index in [1.807, 2.05) is 38.1 Å². The van der Waals surface area contributed by atoms with Crippen LogP contribution in [0.5, 0.6) is 5.75 Å². The van der Waals surface area contributed by atoms with Crippen molar-refractivity contribution >= 4 is 39.9 Å². The number of nitrogens with one attached hydrogen (secondary N) is 1. The lowest BCUT2D eigenvalue weighted by atomic mass is 10.1. The molecule has 3 aromatic heterocycles. The first-order valence-electron chi connectivity index (χ1n) is 10.6. The predicted octanol–water partition coefficient (Wildman–Crippen LogP) is 5.86. The Labute approximate surface area is 200 Å². The lowest BCUT2D eigenvalue weighted by molar-refractivity contribution is 0.227. The Kier molecular flexibility index (Phi) is 5.57. The quantitative estimate of drug-likeness (QED) is 0.386. The number of fused-ring (bicyclic) bond motifs is 1. The molecule has 1 saturated heterocycles. The van der Waals surface area contributed by atoms with Crippen LogP contribution < -0.4 is 9.64 Å². The number of benzene rings is 1. The van der Waals surface area contributed by atoms with Crippen LogP contribution in [-0.2, 0) is 0 Å². The topological polar surface area (TPSA) is 90.7 Å². The van der Waals surface area contributed by atoms with Crippen LogP contribution in [0.2, 0.25) is 10.0 Å². The van der Waals surface area contributed by atoms with Crippen molar-refractivity contribution in [3.05, 3.63) is 63.5 Å². The molecule has 7 nitrogen and oxygen atoms in total. The molecule has 1 aromatic carbocycles. The molecule has 1 atom stereocenters. The van der Waals surface area contributed by atoms with Gasteiger partial charge in [0.15, 0.2) is 0 Å². The third-order valence-electron chi connectivity index (χ3n) is 5.85. The van der Waals surface area contributed by atoms with E-state index >= 15 is 0 Å². The lowest BCUT2D eigenvalue weighted by Gasteiger charge is -2.32. The van der Waals surface area contributed by atoms with Crippen LogP contribution in [0.25, 0.3) is 22.2 Å². The van der Waals surface area contributed by atoms with Crippen molar-refractivity contribution in [2.75, 3.05) is 18.0 Å². The minimum atomic E-state index is -0.387. The molecule has 1 fully saturated rings. The zero-order valence-corrected chi connectivity index (χ0v) is 19.6. The van der Waals surface area contributed by atoms with E-state index in [0.717, 1.165) is 41.8 Å². The number of rotatable bonds is 5. The summed E-state index contributed by atoms with van der Waals surface area (Å²) < 4.78 is 6.19. The van der Waals surface area contributed by atoms with E-state index in [1.165, 1.54) is 0 Å². The monoisotopic (exact) mass is 478 g/mol. The molecule has 5 rings (SSSR count). The molecule has 0 amide bonds. The van der Waals surface area contributed by atoms with Crippen LogP contribution >= 0.6 is 23.2 Å². The molecular weight excluding hydrogens is 459 g/mol. The fraction of sp³-hybridized carbons (Fsp3) is 0.250. The Hall–Kier alpha value is -3.34. The van der Waals surface area contributed by atoms with Gasteiger partial charge in [-0.15, -0.1) is 0 Å². The summed E-state index contributed by atoms with van der Waals surface area (Å²) in [7, 11) is 0. The van der Waals surface area contributed by atoms with Gasteiger partial charge >= 0.3 is 0 Å². The van der Waals surface area contributed by atoms with E-state index in [1.54, 1.807) is 12.4 Å². The first-order valence-corrected chi connectivity index (χ1v) is 11.3. The van der Waals surface area contributed by atoms with E-state index in [-0.39, 0.29) is 6.10 Å². The summed E-state index contributed by atoms with van der Waals surface area (Å²) in [6.07, 6.45) is 4.08. The number of nitrogens with zero attached hydrogens (tertiary/aromatic N) is 5. The average molecular weight is 479 g/mol. The largest absolute Gasteiger partial charge is 0.486 e. The number of nitriles is 1. The minimum absolute atomic E-state index is 0.387. The zero-order chi connectivity index (χ0) is 23.1. The number of aromatic nitrogens is 4. The number of aromatic amines is 1. The molecule has 1 N–H and O–H groups in total. The number of hydrogen-bond acceptors (Lipinski definition) is 6. The van der Waals surface area contributed by atoms with Crippen molar-refractivity contribution in [2.45, 2.75) is 26.4 Å². The molecule has 166 valence electrons. The number of H-pyrrole nitrogens is 1. The van der Waals surface area contributed by atoms with E-state index < -0.39 is 0 Å². The van der Waals surface area contributed by atoms with Crippen molar-refractivity contribution in [1.29, 1.82) is 5.26 Å². The summed E-state index contributed by atoms with van der Waals surface area (Å²) in [6.45, 7) is 5.58.